The summed E-state index contributed by atoms with van der Waals surface area (Å²) in [6, 6.07) is -0.277. The molecule has 0 spiro atoms. The molecule has 0 bridgehead atoms. The van der Waals surface area contributed by atoms with E-state index < -0.39 is 11.8 Å². The highest BCUT2D eigenvalue weighted by atomic mass is 19.3. The number of likely N-dealkylation sites (N-methyl/N-ethyl adjacent to an activating group) is 1. The molecule has 2 rings (SSSR count). The quantitative estimate of drug-likeness (QED) is 0.543. The van der Waals surface area contributed by atoms with Crippen LogP contribution in [-0.4, -0.2) is 54.4 Å². The lowest BCUT2D eigenvalue weighted by molar-refractivity contribution is -0.148. The van der Waals surface area contributed by atoms with Crippen LogP contribution in [0.25, 0.3) is 0 Å². The van der Waals surface area contributed by atoms with Crippen molar-refractivity contribution in [2.75, 3.05) is 26.7 Å². The van der Waals surface area contributed by atoms with E-state index in [0.29, 0.717) is 19.6 Å². The van der Waals surface area contributed by atoms with Crippen LogP contribution < -0.4 is 0 Å². The summed E-state index contributed by atoms with van der Waals surface area (Å²) in [5, 5.41) is 0. The van der Waals surface area contributed by atoms with Gasteiger partial charge in [0, 0.05) is 26.1 Å². The number of halogens is 2. The van der Waals surface area contributed by atoms with Crippen molar-refractivity contribution < 1.29 is 13.6 Å². The third kappa shape index (κ3) is 1.31. The van der Waals surface area contributed by atoms with Gasteiger partial charge in [-0.1, -0.05) is 0 Å². The molecule has 0 aromatic heterocycles. The molecule has 2 fully saturated rings. The zero-order valence-electron chi connectivity index (χ0n) is 7.46. The Balaban J connectivity index is 2.16. The zero-order valence-corrected chi connectivity index (χ0v) is 7.46. The summed E-state index contributed by atoms with van der Waals surface area (Å²) in [5.41, 5.74) is 0. The summed E-state index contributed by atoms with van der Waals surface area (Å²) in [5.74, 6) is -4.10. The van der Waals surface area contributed by atoms with Gasteiger partial charge in [0.1, 0.15) is 0 Å². The minimum atomic E-state index is -3.12. The molecule has 74 valence electrons. The second-order valence-electron chi connectivity index (χ2n) is 3.82. The first-order valence-corrected chi connectivity index (χ1v) is 4.38. The fourth-order valence-electron chi connectivity index (χ4n) is 2.05. The molecule has 2 aliphatic heterocycles. The molecular formula is C8H12F2N2O. The molecule has 0 aromatic carbocycles. The van der Waals surface area contributed by atoms with E-state index >= 15 is 0 Å². The van der Waals surface area contributed by atoms with Crippen molar-refractivity contribution >= 4 is 5.91 Å². The molecule has 2 heterocycles. The highest BCUT2D eigenvalue weighted by Crippen LogP contribution is 2.34. The third-order valence-electron chi connectivity index (χ3n) is 2.75. The molecule has 1 unspecified atom stereocenters. The summed E-state index contributed by atoms with van der Waals surface area (Å²) in [4.78, 5) is 14.4. The highest BCUT2D eigenvalue weighted by molar-refractivity contribution is 5.86. The smallest absolute Gasteiger partial charge is 0.326 e. The Hall–Kier alpha value is -0.710. The van der Waals surface area contributed by atoms with Crippen molar-refractivity contribution in [2.24, 2.45) is 0 Å². The predicted molar refractivity (Wildman–Crippen MR) is 42.6 cm³/mol. The molecule has 0 aromatic rings. The van der Waals surface area contributed by atoms with Crippen LogP contribution >= 0.6 is 0 Å². The van der Waals surface area contributed by atoms with E-state index in [1.54, 1.807) is 0 Å². The Morgan fingerprint density at radius 2 is 2.15 bits per heavy atom. The number of hydrogen-bond acceptors (Lipinski definition) is 2. The molecule has 1 atom stereocenters. The van der Waals surface area contributed by atoms with Gasteiger partial charge in [0.25, 0.3) is 5.91 Å². The van der Waals surface area contributed by atoms with Gasteiger partial charge in [-0.25, -0.2) is 0 Å². The Morgan fingerprint density at radius 1 is 1.46 bits per heavy atom. The predicted octanol–water partition coefficient (Wildman–Crippen LogP) is 0.168. The minimum Gasteiger partial charge on any atom is -0.332 e. The Labute approximate surface area is 75.3 Å². The van der Waals surface area contributed by atoms with Crippen molar-refractivity contribution in [3.8, 4) is 0 Å². The monoisotopic (exact) mass is 190 g/mol. The number of fused-ring (bicyclic) bond motifs is 1. The van der Waals surface area contributed by atoms with Gasteiger partial charge in [0.2, 0.25) is 0 Å². The number of rotatable bonds is 0. The van der Waals surface area contributed by atoms with Crippen LogP contribution in [0.4, 0.5) is 8.78 Å². The van der Waals surface area contributed by atoms with E-state index in [-0.39, 0.29) is 12.5 Å². The zero-order chi connectivity index (χ0) is 9.64. The SMILES string of the molecule is CN1CCN2C(=O)C(F)(F)CC2C1. The molecule has 13 heavy (non-hydrogen) atoms. The topological polar surface area (TPSA) is 23.6 Å². The average molecular weight is 190 g/mol. The number of carbonyl (C=O) groups excluding carboxylic acids is 1. The molecular weight excluding hydrogens is 178 g/mol. The van der Waals surface area contributed by atoms with Gasteiger partial charge >= 0.3 is 5.92 Å². The maximum Gasteiger partial charge on any atom is 0.326 e. The first kappa shape index (κ1) is 8.87. The van der Waals surface area contributed by atoms with E-state index in [0.717, 1.165) is 0 Å². The van der Waals surface area contributed by atoms with Crippen molar-refractivity contribution in [3.05, 3.63) is 0 Å². The standard InChI is InChI=1S/C8H12F2N2O/c1-11-2-3-12-6(5-11)4-8(9,10)7(12)13/h6H,2-5H2,1H3. The number of carbonyl (C=O) groups is 1. The number of amides is 1. The Morgan fingerprint density at radius 3 is 2.85 bits per heavy atom. The van der Waals surface area contributed by atoms with Crippen molar-refractivity contribution in [1.29, 1.82) is 0 Å². The molecule has 2 saturated heterocycles. The van der Waals surface area contributed by atoms with Crippen molar-refractivity contribution in [3.63, 3.8) is 0 Å². The van der Waals surface area contributed by atoms with Crippen LogP contribution in [-0.2, 0) is 4.79 Å². The summed E-state index contributed by atoms with van der Waals surface area (Å²) < 4.78 is 25.9. The van der Waals surface area contributed by atoms with E-state index in [1.807, 2.05) is 11.9 Å². The van der Waals surface area contributed by atoms with Gasteiger partial charge in [-0.05, 0) is 7.05 Å². The lowest BCUT2D eigenvalue weighted by Crippen LogP contribution is -2.50. The number of alkyl halides is 2. The normalized spacial score (nSPS) is 33.6. The summed E-state index contributed by atoms with van der Waals surface area (Å²) in [6.45, 7) is 1.70. The first-order valence-electron chi connectivity index (χ1n) is 4.38. The maximum absolute atomic E-state index is 13.0. The van der Waals surface area contributed by atoms with Gasteiger partial charge in [-0.2, -0.15) is 8.78 Å². The van der Waals surface area contributed by atoms with E-state index in [4.69, 9.17) is 0 Å². The largest absolute Gasteiger partial charge is 0.332 e. The van der Waals surface area contributed by atoms with Crippen LogP contribution in [0.15, 0.2) is 0 Å². The summed E-state index contributed by atoms with van der Waals surface area (Å²) in [6.07, 6.45) is -0.309. The number of nitrogens with zero attached hydrogens (tertiary/aromatic N) is 2. The summed E-state index contributed by atoms with van der Waals surface area (Å²) >= 11 is 0. The molecule has 0 radical (unpaired) electrons. The van der Waals surface area contributed by atoms with Gasteiger partial charge < -0.3 is 9.80 Å². The second-order valence-corrected chi connectivity index (χ2v) is 3.82. The average Bonchev–Trinajstić information content (AvgIpc) is 2.22. The third-order valence-corrected chi connectivity index (χ3v) is 2.75. The lowest BCUT2D eigenvalue weighted by atomic mass is 10.1. The summed E-state index contributed by atoms with van der Waals surface area (Å²) in [7, 11) is 1.89. The fraction of sp³-hybridized carbons (Fsp3) is 0.875. The van der Waals surface area contributed by atoms with Gasteiger partial charge in [0.15, 0.2) is 0 Å². The molecule has 3 nitrogen and oxygen atoms in total. The molecule has 0 N–H and O–H groups in total. The van der Waals surface area contributed by atoms with Crippen LogP contribution in [0.1, 0.15) is 6.42 Å². The lowest BCUT2D eigenvalue weighted by Gasteiger charge is -2.34. The first-order chi connectivity index (χ1) is 6.00. The molecule has 5 heteroatoms. The van der Waals surface area contributed by atoms with E-state index in [2.05, 4.69) is 0 Å². The van der Waals surface area contributed by atoms with Crippen molar-refractivity contribution in [1.82, 2.24) is 9.80 Å². The van der Waals surface area contributed by atoms with Crippen LogP contribution in [0.2, 0.25) is 0 Å². The Bertz CT molecular complexity index is 244. The second kappa shape index (κ2) is 2.64. The molecule has 0 saturated carbocycles. The fourth-order valence-corrected chi connectivity index (χ4v) is 2.05. The van der Waals surface area contributed by atoms with E-state index in [9.17, 15) is 13.6 Å². The van der Waals surface area contributed by atoms with Gasteiger partial charge in [0.05, 0.1) is 6.04 Å². The van der Waals surface area contributed by atoms with Crippen LogP contribution in [0, 0.1) is 0 Å². The van der Waals surface area contributed by atoms with Crippen LogP contribution in [0.5, 0.6) is 0 Å². The maximum atomic E-state index is 13.0. The van der Waals surface area contributed by atoms with Gasteiger partial charge in [-0.15, -0.1) is 0 Å². The van der Waals surface area contributed by atoms with Gasteiger partial charge in [-0.3, -0.25) is 4.79 Å². The van der Waals surface area contributed by atoms with E-state index in [1.165, 1.54) is 4.90 Å². The molecule has 2 aliphatic rings. The minimum absolute atomic E-state index is 0.277. The molecule has 1 amide bonds. The highest BCUT2D eigenvalue weighted by Gasteiger charge is 2.54. The number of piperazine rings is 1. The van der Waals surface area contributed by atoms with Crippen molar-refractivity contribution in [2.45, 2.75) is 18.4 Å². The Kier molecular flexibility index (Phi) is 1.80. The molecule has 0 aliphatic carbocycles. The van der Waals surface area contributed by atoms with Crippen LogP contribution in [0.3, 0.4) is 0 Å². The number of hydrogen-bond donors (Lipinski definition) is 0.